The highest BCUT2D eigenvalue weighted by Gasteiger charge is 2.23. The molecule has 29 heavy (non-hydrogen) atoms. The molecule has 0 radical (unpaired) electrons. The van der Waals surface area contributed by atoms with Crippen LogP contribution in [0.3, 0.4) is 0 Å². The van der Waals surface area contributed by atoms with Gasteiger partial charge < -0.3 is 14.8 Å². The number of hydrogen-bond donors (Lipinski definition) is 1. The first-order chi connectivity index (χ1) is 14.1. The lowest BCUT2D eigenvalue weighted by Crippen LogP contribution is -2.35. The molecule has 3 aromatic rings. The SMILES string of the molecule is O=C(COc1ccc([N+](=O)[O-])cc1-c1cccs1)NC1CCOc2ccccc21. The van der Waals surface area contributed by atoms with Crippen molar-refractivity contribution < 1.29 is 19.2 Å². The minimum atomic E-state index is -0.448. The van der Waals surface area contributed by atoms with E-state index in [4.69, 9.17) is 9.47 Å². The number of nitro benzene ring substituents is 1. The van der Waals surface area contributed by atoms with Crippen molar-refractivity contribution in [2.75, 3.05) is 13.2 Å². The Bertz CT molecular complexity index is 1040. The number of ether oxygens (including phenoxy) is 2. The van der Waals surface area contributed by atoms with Gasteiger partial charge in [0.15, 0.2) is 6.61 Å². The minimum Gasteiger partial charge on any atom is -0.493 e. The maximum absolute atomic E-state index is 12.5. The Balaban J connectivity index is 1.47. The number of nitrogens with zero attached hydrogens (tertiary/aromatic N) is 1. The van der Waals surface area contributed by atoms with Gasteiger partial charge in [0.2, 0.25) is 0 Å². The van der Waals surface area contributed by atoms with E-state index in [-0.39, 0.29) is 24.2 Å². The smallest absolute Gasteiger partial charge is 0.270 e. The van der Waals surface area contributed by atoms with Crippen LogP contribution in [0.5, 0.6) is 11.5 Å². The van der Waals surface area contributed by atoms with Gasteiger partial charge in [0.25, 0.3) is 11.6 Å². The van der Waals surface area contributed by atoms with Gasteiger partial charge in [-0.05, 0) is 23.6 Å². The van der Waals surface area contributed by atoms with Crippen molar-refractivity contribution in [1.82, 2.24) is 5.32 Å². The topological polar surface area (TPSA) is 90.7 Å². The van der Waals surface area contributed by atoms with Crippen LogP contribution in [0.15, 0.2) is 60.0 Å². The summed E-state index contributed by atoms with van der Waals surface area (Å²) in [6, 6.07) is 15.6. The minimum absolute atomic E-state index is 0.0241. The molecule has 8 heteroatoms. The van der Waals surface area contributed by atoms with Crippen LogP contribution in [-0.2, 0) is 4.79 Å². The maximum Gasteiger partial charge on any atom is 0.270 e. The number of hydrogen-bond acceptors (Lipinski definition) is 6. The Labute approximate surface area is 171 Å². The molecule has 0 aliphatic carbocycles. The summed E-state index contributed by atoms with van der Waals surface area (Å²) in [5.74, 6) is 0.947. The highest BCUT2D eigenvalue weighted by molar-refractivity contribution is 7.13. The Kier molecular flexibility index (Phi) is 5.44. The number of amides is 1. The van der Waals surface area contributed by atoms with Crippen LogP contribution in [0.4, 0.5) is 5.69 Å². The zero-order chi connectivity index (χ0) is 20.2. The molecule has 1 atom stereocenters. The zero-order valence-electron chi connectivity index (χ0n) is 15.4. The van der Waals surface area contributed by atoms with Crippen molar-refractivity contribution in [2.24, 2.45) is 0 Å². The molecule has 4 rings (SSSR count). The molecule has 148 valence electrons. The number of non-ortho nitro benzene ring substituents is 1. The van der Waals surface area contributed by atoms with Gasteiger partial charge in [-0.2, -0.15) is 0 Å². The first-order valence-electron chi connectivity index (χ1n) is 9.08. The van der Waals surface area contributed by atoms with E-state index < -0.39 is 4.92 Å². The van der Waals surface area contributed by atoms with Gasteiger partial charge in [0, 0.05) is 34.6 Å². The van der Waals surface area contributed by atoms with Gasteiger partial charge in [-0.1, -0.05) is 24.3 Å². The van der Waals surface area contributed by atoms with Crippen LogP contribution in [0.1, 0.15) is 18.0 Å². The van der Waals surface area contributed by atoms with E-state index in [1.807, 2.05) is 41.8 Å². The molecule has 2 aromatic carbocycles. The van der Waals surface area contributed by atoms with Gasteiger partial charge in [-0.3, -0.25) is 14.9 Å². The standard InChI is InChI=1S/C21H18N2O5S/c24-21(22-17-9-10-27-18-5-2-1-4-15(17)18)13-28-19-8-7-14(23(25)26)12-16(19)20-6-3-11-29-20/h1-8,11-12,17H,9-10,13H2,(H,22,24). The lowest BCUT2D eigenvalue weighted by molar-refractivity contribution is -0.384. The number of benzene rings is 2. The highest BCUT2D eigenvalue weighted by atomic mass is 32.1. The zero-order valence-corrected chi connectivity index (χ0v) is 16.2. The number of para-hydroxylation sites is 1. The van der Waals surface area contributed by atoms with Gasteiger partial charge in [0.1, 0.15) is 11.5 Å². The fraction of sp³-hybridized carbons (Fsp3) is 0.190. The largest absolute Gasteiger partial charge is 0.493 e. The quantitative estimate of drug-likeness (QED) is 0.482. The average Bonchev–Trinajstić information content (AvgIpc) is 3.27. The number of rotatable bonds is 6. The summed E-state index contributed by atoms with van der Waals surface area (Å²) in [7, 11) is 0. The van der Waals surface area contributed by atoms with Crippen molar-refractivity contribution in [3.05, 3.63) is 75.7 Å². The Morgan fingerprint density at radius 3 is 2.90 bits per heavy atom. The van der Waals surface area contributed by atoms with Gasteiger partial charge in [0.05, 0.1) is 17.6 Å². The molecular formula is C21H18N2O5S. The second kappa shape index (κ2) is 8.32. The summed E-state index contributed by atoms with van der Waals surface area (Å²) in [5, 5.41) is 16.0. The number of thiophene rings is 1. The molecule has 1 aliphatic rings. The summed E-state index contributed by atoms with van der Waals surface area (Å²) >= 11 is 1.45. The molecular weight excluding hydrogens is 392 g/mol. The van der Waals surface area contributed by atoms with E-state index in [0.717, 1.165) is 16.2 Å². The predicted molar refractivity (Wildman–Crippen MR) is 109 cm³/mol. The van der Waals surface area contributed by atoms with Crippen LogP contribution >= 0.6 is 11.3 Å². The lowest BCUT2D eigenvalue weighted by Gasteiger charge is -2.26. The Morgan fingerprint density at radius 2 is 2.10 bits per heavy atom. The summed E-state index contributed by atoms with van der Waals surface area (Å²) in [6.45, 7) is 0.351. The second-order valence-corrected chi connectivity index (χ2v) is 7.45. The molecule has 0 bridgehead atoms. The molecule has 1 aliphatic heterocycles. The molecule has 0 spiro atoms. The average molecular weight is 410 g/mol. The van der Waals surface area contributed by atoms with E-state index in [1.54, 1.807) is 0 Å². The van der Waals surface area contributed by atoms with Gasteiger partial charge >= 0.3 is 0 Å². The molecule has 1 N–H and O–H groups in total. The van der Waals surface area contributed by atoms with Crippen molar-refractivity contribution in [1.29, 1.82) is 0 Å². The Morgan fingerprint density at radius 1 is 1.24 bits per heavy atom. The number of carbonyl (C=O) groups is 1. The summed E-state index contributed by atoms with van der Waals surface area (Å²) in [6.07, 6.45) is 0.681. The third-order valence-electron chi connectivity index (χ3n) is 4.61. The van der Waals surface area contributed by atoms with Crippen LogP contribution in [0, 0.1) is 10.1 Å². The van der Waals surface area contributed by atoms with Crippen LogP contribution in [-0.4, -0.2) is 24.0 Å². The summed E-state index contributed by atoms with van der Waals surface area (Å²) < 4.78 is 11.3. The van der Waals surface area contributed by atoms with E-state index >= 15 is 0 Å². The highest BCUT2D eigenvalue weighted by Crippen LogP contribution is 2.36. The first kappa shape index (κ1) is 18.9. The number of carbonyl (C=O) groups excluding carboxylic acids is 1. The number of nitro groups is 1. The third kappa shape index (κ3) is 4.22. The van der Waals surface area contributed by atoms with Crippen LogP contribution in [0.25, 0.3) is 10.4 Å². The molecule has 1 amide bonds. The van der Waals surface area contributed by atoms with E-state index in [2.05, 4.69) is 5.32 Å². The molecule has 2 heterocycles. The molecule has 0 fully saturated rings. The summed E-state index contributed by atoms with van der Waals surface area (Å²) in [4.78, 5) is 24.0. The third-order valence-corrected chi connectivity index (χ3v) is 5.52. The Hall–Kier alpha value is -3.39. The van der Waals surface area contributed by atoms with Crippen LogP contribution < -0.4 is 14.8 Å². The van der Waals surface area contributed by atoms with Crippen molar-refractivity contribution in [3.63, 3.8) is 0 Å². The van der Waals surface area contributed by atoms with E-state index in [9.17, 15) is 14.9 Å². The monoisotopic (exact) mass is 410 g/mol. The van der Waals surface area contributed by atoms with Crippen molar-refractivity contribution in [2.45, 2.75) is 12.5 Å². The van der Waals surface area contributed by atoms with Crippen LogP contribution in [0.2, 0.25) is 0 Å². The molecule has 1 aromatic heterocycles. The maximum atomic E-state index is 12.5. The number of fused-ring (bicyclic) bond motifs is 1. The lowest BCUT2D eigenvalue weighted by atomic mass is 10.0. The fourth-order valence-corrected chi connectivity index (χ4v) is 4.00. The first-order valence-corrected chi connectivity index (χ1v) is 9.96. The van der Waals surface area contributed by atoms with Gasteiger partial charge in [-0.15, -0.1) is 11.3 Å². The molecule has 0 saturated heterocycles. The van der Waals surface area contributed by atoms with E-state index in [0.29, 0.717) is 24.3 Å². The van der Waals surface area contributed by atoms with E-state index in [1.165, 1.54) is 29.5 Å². The van der Waals surface area contributed by atoms with Gasteiger partial charge in [-0.25, -0.2) is 0 Å². The fourth-order valence-electron chi connectivity index (χ4n) is 3.25. The number of nitrogens with one attached hydrogen (secondary N) is 1. The second-order valence-electron chi connectivity index (χ2n) is 6.50. The molecule has 7 nitrogen and oxygen atoms in total. The predicted octanol–water partition coefficient (Wildman–Crippen LogP) is 4.34. The normalized spacial score (nSPS) is 15.1. The summed E-state index contributed by atoms with van der Waals surface area (Å²) in [5.41, 5.74) is 1.52. The van der Waals surface area contributed by atoms with Crippen molar-refractivity contribution in [3.8, 4) is 21.9 Å². The molecule has 1 unspecified atom stereocenters. The van der Waals surface area contributed by atoms with Crippen molar-refractivity contribution >= 4 is 22.9 Å². The molecule has 0 saturated carbocycles.